The van der Waals surface area contributed by atoms with Crippen molar-refractivity contribution >= 4 is 33.1 Å². The van der Waals surface area contributed by atoms with Crippen LogP contribution in [0.4, 0.5) is 0 Å². The van der Waals surface area contributed by atoms with Crippen LogP contribution in [0.2, 0.25) is 0 Å². The van der Waals surface area contributed by atoms with Gasteiger partial charge < -0.3 is 10.1 Å². The first-order valence-electron chi connectivity index (χ1n) is 8.33. The summed E-state index contributed by atoms with van der Waals surface area (Å²) in [7, 11) is -3.58. The number of thiophene rings is 1. The van der Waals surface area contributed by atoms with Gasteiger partial charge in [0, 0.05) is 0 Å². The Morgan fingerprint density at radius 2 is 1.57 bits per heavy atom. The van der Waals surface area contributed by atoms with Gasteiger partial charge in [-0.2, -0.15) is 0 Å². The van der Waals surface area contributed by atoms with Crippen molar-refractivity contribution in [3.63, 3.8) is 0 Å². The number of hydrogen-bond donors (Lipinski definition) is 1. The zero-order valence-corrected chi connectivity index (χ0v) is 16.3. The van der Waals surface area contributed by atoms with Crippen molar-refractivity contribution in [1.82, 2.24) is 5.32 Å². The van der Waals surface area contributed by atoms with Crippen LogP contribution in [0.25, 0.3) is 0 Å². The first-order chi connectivity index (χ1) is 13.5. The van der Waals surface area contributed by atoms with E-state index in [1.165, 1.54) is 35.6 Å². The fourth-order valence-corrected chi connectivity index (χ4v) is 4.28. The minimum Gasteiger partial charge on any atom is -0.460 e. The van der Waals surface area contributed by atoms with Gasteiger partial charge in [-0.05, 0) is 41.3 Å². The lowest BCUT2D eigenvalue weighted by Gasteiger charge is -2.08. The second kappa shape index (κ2) is 8.81. The highest BCUT2D eigenvalue weighted by Crippen LogP contribution is 2.21. The fraction of sp³-hybridized carbons (Fsp3) is 0.100. The number of amides is 1. The Bertz CT molecular complexity index is 1040. The van der Waals surface area contributed by atoms with Crippen molar-refractivity contribution in [3.05, 3.63) is 82.6 Å². The molecule has 1 amide bonds. The van der Waals surface area contributed by atoms with E-state index < -0.39 is 15.8 Å². The van der Waals surface area contributed by atoms with Crippen LogP contribution < -0.4 is 5.32 Å². The summed E-state index contributed by atoms with van der Waals surface area (Å²) in [5.41, 5.74) is 0.643. The number of rotatable bonds is 7. The first kappa shape index (κ1) is 19.8. The highest BCUT2D eigenvalue weighted by molar-refractivity contribution is 7.91. The van der Waals surface area contributed by atoms with Crippen LogP contribution in [0.3, 0.4) is 0 Å². The van der Waals surface area contributed by atoms with Crippen LogP contribution in [0.1, 0.15) is 15.2 Å². The Balaban J connectivity index is 1.53. The van der Waals surface area contributed by atoms with Crippen molar-refractivity contribution in [2.24, 2.45) is 0 Å². The van der Waals surface area contributed by atoms with Crippen molar-refractivity contribution in [1.29, 1.82) is 0 Å². The molecule has 0 atom stereocenters. The quantitative estimate of drug-likeness (QED) is 0.599. The first-order valence-corrected chi connectivity index (χ1v) is 10.7. The number of sulfone groups is 1. The summed E-state index contributed by atoms with van der Waals surface area (Å²) in [6.45, 7) is -0.253. The van der Waals surface area contributed by atoms with Crippen LogP contribution in [-0.2, 0) is 26.0 Å². The number of carbonyl (C=O) groups excluding carboxylic acids is 2. The van der Waals surface area contributed by atoms with Gasteiger partial charge in [0.1, 0.15) is 13.2 Å². The van der Waals surface area contributed by atoms with Gasteiger partial charge in [0.15, 0.2) is 0 Å². The van der Waals surface area contributed by atoms with Gasteiger partial charge in [-0.1, -0.05) is 36.4 Å². The minimum atomic E-state index is -3.58. The van der Waals surface area contributed by atoms with E-state index in [9.17, 15) is 18.0 Å². The van der Waals surface area contributed by atoms with Crippen LogP contribution in [0, 0.1) is 0 Å². The van der Waals surface area contributed by atoms with E-state index in [0.717, 1.165) is 0 Å². The Morgan fingerprint density at radius 1 is 0.893 bits per heavy atom. The summed E-state index contributed by atoms with van der Waals surface area (Å²) in [4.78, 5) is 24.4. The molecule has 2 aromatic carbocycles. The number of ether oxygens (including phenoxy) is 1. The highest BCUT2D eigenvalue weighted by Gasteiger charge is 2.17. The molecular formula is C20H17NO5S2. The van der Waals surface area contributed by atoms with Crippen LogP contribution in [-0.4, -0.2) is 26.8 Å². The Labute approximate surface area is 166 Å². The zero-order chi connectivity index (χ0) is 20.0. The topological polar surface area (TPSA) is 89.5 Å². The molecule has 0 saturated carbocycles. The second-order valence-electron chi connectivity index (χ2n) is 5.78. The molecule has 6 nitrogen and oxygen atoms in total. The molecule has 0 fully saturated rings. The van der Waals surface area contributed by atoms with E-state index in [4.69, 9.17) is 4.74 Å². The predicted molar refractivity (Wildman–Crippen MR) is 105 cm³/mol. The Morgan fingerprint density at radius 3 is 2.21 bits per heavy atom. The van der Waals surface area contributed by atoms with Gasteiger partial charge in [0.05, 0.1) is 14.7 Å². The lowest BCUT2D eigenvalue weighted by atomic mass is 10.2. The van der Waals surface area contributed by atoms with Gasteiger partial charge >= 0.3 is 5.97 Å². The lowest BCUT2D eigenvalue weighted by Crippen LogP contribution is -2.30. The molecule has 0 radical (unpaired) electrons. The van der Waals surface area contributed by atoms with E-state index in [2.05, 4.69) is 5.32 Å². The molecule has 0 spiro atoms. The second-order valence-corrected chi connectivity index (χ2v) is 8.68. The summed E-state index contributed by atoms with van der Waals surface area (Å²) in [6, 6.07) is 17.7. The smallest absolute Gasteiger partial charge is 0.325 e. The minimum absolute atomic E-state index is 0.0145. The summed E-state index contributed by atoms with van der Waals surface area (Å²) < 4.78 is 30.2. The maximum Gasteiger partial charge on any atom is 0.325 e. The normalized spacial score (nSPS) is 11.0. The van der Waals surface area contributed by atoms with E-state index in [1.807, 2.05) is 0 Å². The SMILES string of the molecule is O=C(CNC(=O)c1cccs1)OCc1ccc(S(=O)(=O)c2ccccc2)cc1. The maximum atomic E-state index is 12.5. The maximum absolute atomic E-state index is 12.5. The molecule has 3 rings (SSSR count). The molecule has 3 aromatic rings. The van der Waals surface area contributed by atoms with Crippen molar-refractivity contribution in [2.45, 2.75) is 16.4 Å². The van der Waals surface area contributed by atoms with Gasteiger partial charge in [-0.25, -0.2) is 8.42 Å². The largest absolute Gasteiger partial charge is 0.460 e. The Kier molecular flexibility index (Phi) is 6.23. The zero-order valence-electron chi connectivity index (χ0n) is 14.7. The van der Waals surface area contributed by atoms with Gasteiger partial charge in [-0.15, -0.1) is 11.3 Å². The summed E-state index contributed by atoms with van der Waals surface area (Å²) in [5, 5.41) is 4.26. The lowest BCUT2D eigenvalue weighted by molar-refractivity contribution is -0.143. The average molecular weight is 415 g/mol. The Hall–Kier alpha value is -2.97. The number of carbonyl (C=O) groups is 2. The predicted octanol–water partition coefficient (Wildman–Crippen LogP) is 3.05. The van der Waals surface area contributed by atoms with E-state index in [-0.39, 0.29) is 28.8 Å². The molecule has 0 unspecified atom stereocenters. The summed E-state index contributed by atoms with van der Waals surface area (Å²) in [6.07, 6.45) is 0. The molecule has 8 heteroatoms. The third-order valence-electron chi connectivity index (χ3n) is 3.83. The molecular weight excluding hydrogens is 398 g/mol. The highest BCUT2D eigenvalue weighted by atomic mass is 32.2. The van der Waals surface area contributed by atoms with Crippen molar-refractivity contribution < 1.29 is 22.7 Å². The summed E-state index contributed by atoms with van der Waals surface area (Å²) >= 11 is 1.28. The molecule has 1 heterocycles. The fourth-order valence-electron chi connectivity index (χ4n) is 2.36. The van der Waals surface area contributed by atoms with Crippen LogP contribution in [0.5, 0.6) is 0 Å². The molecule has 1 N–H and O–H groups in total. The molecule has 28 heavy (non-hydrogen) atoms. The van der Waals surface area contributed by atoms with Gasteiger partial charge in [0.2, 0.25) is 9.84 Å². The molecule has 0 bridgehead atoms. The number of nitrogens with one attached hydrogen (secondary N) is 1. The number of esters is 1. The molecule has 0 aliphatic rings. The van der Waals surface area contributed by atoms with Crippen LogP contribution >= 0.6 is 11.3 Å². The average Bonchev–Trinajstić information content (AvgIpc) is 3.26. The molecule has 0 aliphatic carbocycles. The number of benzene rings is 2. The standard InChI is InChI=1S/C20H17NO5S2/c22-19(13-21-20(23)18-7-4-12-27-18)26-14-15-8-10-17(11-9-15)28(24,25)16-5-2-1-3-6-16/h1-12H,13-14H2,(H,21,23). The van der Waals surface area contributed by atoms with Gasteiger partial charge in [-0.3, -0.25) is 9.59 Å². The van der Waals surface area contributed by atoms with Crippen molar-refractivity contribution in [2.75, 3.05) is 6.54 Å². The molecule has 1 aromatic heterocycles. The molecule has 144 valence electrons. The van der Waals surface area contributed by atoms with Crippen LogP contribution in [0.15, 0.2) is 81.9 Å². The molecule has 0 saturated heterocycles. The summed E-state index contributed by atoms with van der Waals surface area (Å²) in [5.74, 6) is -0.909. The third kappa shape index (κ3) is 4.85. The molecule has 0 aliphatic heterocycles. The van der Waals surface area contributed by atoms with E-state index in [0.29, 0.717) is 10.4 Å². The number of hydrogen-bond acceptors (Lipinski definition) is 6. The van der Waals surface area contributed by atoms with Gasteiger partial charge in [0.25, 0.3) is 5.91 Å². The monoisotopic (exact) mass is 415 g/mol. The van der Waals surface area contributed by atoms with Crippen molar-refractivity contribution in [3.8, 4) is 0 Å². The van der Waals surface area contributed by atoms with E-state index >= 15 is 0 Å². The third-order valence-corrected chi connectivity index (χ3v) is 6.48. The van der Waals surface area contributed by atoms with E-state index in [1.54, 1.807) is 47.8 Å².